The van der Waals surface area contributed by atoms with E-state index in [1.165, 1.54) is 23.1 Å². The third-order valence-corrected chi connectivity index (χ3v) is 7.04. The van der Waals surface area contributed by atoms with Gasteiger partial charge in [0.25, 0.3) is 5.56 Å². The van der Waals surface area contributed by atoms with Crippen LogP contribution in [-0.2, 0) is 5.75 Å². The summed E-state index contributed by atoms with van der Waals surface area (Å²) in [5.74, 6) is 1.42. The van der Waals surface area contributed by atoms with Gasteiger partial charge in [0.05, 0.1) is 16.8 Å². The summed E-state index contributed by atoms with van der Waals surface area (Å²) in [7, 11) is 0. The molecule has 0 aliphatic carbocycles. The second-order valence-corrected chi connectivity index (χ2v) is 8.96. The second-order valence-electron chi connectivity index (χ2n) is 7.16. The van der Waals surface area contributed by atoms with Gasteiger partial charge >= 0.3 is 0 Å². The molecule has 0 aliphatic rings. The van der Waals surface area contributed by atoms with Crippen LogP contribution in [0.25, 0.3) is 27.0 Å². The molecule has 3 aromatic heterocycles. The summed E-state index contributed by atoms with van der Waals surface area (Å²) in [5, 5.41) is 7.37. The van der Waals surface area contributed by atoms with Crippen molar-refractivity contribution < 1.29 is 4.52 Å². The molecule has 0 spiro atoms. The Kier molecular flexibility index (Phi) is 5.21. The van der Waals surface area contributed by atoms with Gasteiger partial charge in [0.1, 0.15) is 10.6 Å². The molecule has 0 saturated heterocycles. The molecule has 154 valence electrons. The van der Waals surface area contributed by atoms with E-state index in [-0.39, 0.29) is 5.56 Å². The van der Waals surface area contributed by atoms with Crippen LogP contribution in [-0.4, -0.2) is 14.7 Å². The molecule has 3 heterocycles. The smallest absolute Gasteiger partial charge is 0.268 e. The molecule has 0 amide bonds. The van der Waals surface area contributed by atoms with Crippen LogP contribution in [0.15, 0.2) is 80.5 Å². The Morgan fingerprint density at radius 3 is 2.42 bits per heavy atom. The predicted octanol–water partition coefficient (Wildman–Crippen LogP) is 6.01. The molecule has 5 rings (SSSR count). The van der Waals surface area contributed by atoms with Crippen LogP contribution in [0.3, 0.4) is 0 Å². The largest absolute Gasteiger partial charge is 0.361 e. The second kappa shape index (κ2) is 8.17. The van der Waals surface area contributed by atoms with Crippen LogP contribution in [0.2, 0.25) is 0 Å². The fraction of sp³-hybridized carbons (Fsp3) is 0.125. The van der Waals surface area contributed by atoms with Gasteiger partial charge in [0.15, 0.2) is 5.16 Å². The fourth-order valence-electron chi connectivity index (χ4n) is 3.55. The van der Waals surface area contributed by atoms with E-state index in [1.807, 2.05) is 79.9 Å². The highest BCUT2D eigenvalue weighted by Crippen LogP contribution is 2.34. The Labute approximate surface area is 187 Å². The van der Waals surface area contributed by atoms with Gasteiger partial charge in [0.2, 0.25) is 0 Å². The normalized spacial score (nSPS) is 11.3. The predicted molar refractivity (Wildman–Crippen MR) is 126 cm³/mol. The van der Waals surface area contributed by atoms with Crippen molar-refractivity contribution in [2.75, 3.05) is 0 Å². The number of thioether (sulfide) groups is 1. The number of rotatable bonds is 5. The van der Waals surface area contributed by atoms with Crippen LogP contribution in [0.5, 0.6) is 0 Å². The summed E-state index contributed by atoms with van der Waals surface area (Å²) in [6.45, 7) is 3.83. The number of aryl methyl sites for hydroxylation is 2. The van der Waals surface area contributed by atoms with Crippen molar-refractivity contribution >= 4 is 33.3 Å². The molecule has 5 nitrogen and oxygen atoms in total. The Morgan fingerprint density at radius 2 is 1.74 bits per heavy atom. The molecular weight excluding hydrogens is 426 g/mol. The van der Waals surface area contributed by atoms with E-state index in [1.54, 1.807) is 4.57 Å². The third-order valence-electron chi connectivity index (χ3n) is 5.20. The van der Waals surface area contributed by atoms with E-state index >= 15 is 0 Å². The van der Waals surface area contributed by atoms with Gasteiger partial charge in [-0.25, -0.2) is 4.98 Å². The summed E-state index contributed by atoms with van der Waals surface area (Å²) in [4.78, 5) is 19.4. The number of hydrogen-bond acceptors (Lipinski definition) is 6. The maximum atomic E-state index is 13.8. The summed E-state index contributed by atoms with van der Waals surface area (Å²) in [6, 6.07) is 19.7. The molecule has 0 aliphatic heterocycles. The quantitative estimate of drug-likeness (QED) is 0.245. The summed E-state index contributed by atoms with van der Waals surface area (Å²) in [5.41, 5.74) is 4.58. The summed E-state index contributed by atoms with van der Waals surface area (Å²) < 4.78 is 7.01. The van der Waals surface area contributed by atoms with E-state index in [0.717, 1.165) is 38.7 Å². The molecule has 0 saturated carbocycles. The van der Waals surface area contributed by atoms with E-state index in [9.17, 15) is 4.79 Å². The van der Waals surface area contributed by atoms with Crippen molar-refractivity contribution in [2.24, 2.45) is 0 Å². The lowest BCUT2D eigenvalue weighted by atomic mass is 10.1. The van der Waals surface area contributed by atoms with E-state index in [2.05, 4.69) is 5.16 Å². The number of benzene rings is 2. The first kappa shape index (κ1) is 19.8. The Hall–Kier alpha value is -3.16. The minimum Gasteiger partial charge on any atom is -0.361 e. The monoisotopic (exact) mass is 445 g/mol. The van der Waals surface area contributed by atoms with Crippen LogP contribution < -0.4 is 5.56 Å². The van der Waals surface area contributed by atoms with Gasteiger partial charge in [0, 0.05) is 22.3 Å². The molecule has 31 heavy (non-hydrogen) atoms. The third kappa shape index (κ3) is 3.60. The van der Waals surface area contributed by atoms with Crippen LogP contribution >= 0.6 is 23.1 Å². The maximum Gasteiger partial charge on any atom is 0.268 e. The minimum absolute atomic E-state index is 0.0578. The van der Waals surface area contributed by atoms with E-state index < -0.39 is 0 Å². The Balaban J connectivity index is 1.69. The maximum absolute atomic E-state index is 13.8. The van der Waals surface area contributed by atoms with Crippen molar-refractivity contribution in [3.05, 3.63) is 93.4 Å². The number of hydrogen-bond donors (Lipinski definition) is 0. The standard InChI is InChI=1S/C24H19N3O2S2/c1-15-19(16(2)29-26-15)13-31-24-25-22-21(20(14-30-22)17-9-5-3-6-10-17)23(28)27(24)18-11-7-4-8-12-18/h3-12,14H,13H2,1-2H3. The lowest BCUT2D eigenvalue weighted by molar-refractivity contribution is 0.392. The molecule has 2 aromatic carbocycles. The highest BCUT2D eigenvalue weighted by atomic mass is 32.2. The van der Waals surface area contributed by atoms with Crippen LogP contribution in [0, 0.1) is 13.8 Å². The van der Waals surface area contributed by atoms with Crippen molar-refractivity contribution in [1.82, 2.24) is 14.7 Å². The zero-order chi connectivity index (χ0) is 21.4. The van der Waals surface area contributed by atoms with Gasteiger partial charge in [-0.2, -0.15) is 0 Å². The average Bonchev–Trinajstić information content (AvgIpc) is 3.37. The molecule has 0 bridgehead atoms. The van der Waals surface area contributed by atoms with Crippen LogP contribution in [0.1, 0.15) is 17.0 Å². The van der Waals surface area contributed by atoms with Gasteiger partial charge < -0.3 is 4.52 Å². The first-order chi connectivity index (χ1) is 15.1. The van der Waals surface area contributed by atoms with Crippen molar-refractivity contribution in [1.29, 1.82) is 0 Å². The average molecular weight is 446 g/mol. The van der Waals surface area contributed by atoms with Gasteiger partial charge in [-0.3, -0.25) is 9.36 Å². The molecule has 0 N–H and O–H groups in total. The zero-order valence-electron chi connectivity index (χ0n) is 17.0. The molecule has 0 fully saturated rings. The molecular formula is C24H19N3O2S2. The zero-order valence-corrected chi connectivity index (χ0v) is 18.7. The SMILES string of the molecule is Cc1noc(C)c1CSc1nc2scc(-c3ccccc3)c2c(=O)n1-c1ccccc1. The number of nitrogens with zero attached hydrogens (tertiary/aromatic N) is 3. The van der Waals surface area contributed by atoms with Crippen molar-refractivity contribution in [3.8, 4) is 16.8 Å². The van der Waals surface area contributed by atoms with E-state index in [0.29, 0.717) is 16.3 Å². The van der Waals surface area contributed by atoms with Crippen molar-refractivity contribution in [3.63, 3.8) is 0 Å². The minimum atomic E-state index is -0.0578. The highest BCUT2D eigenvalue weighted by molar-refractivity contribution is 7.98. The van der Waals surface area contributed by atoms with Gasteiger partial charge in [-0.05, 0) is 31.5 Å². The number of thiophene rings is 1. The molecule has 0 radical (unpaired) electrons. The van der Waals surface area contributed by atoms with Gasteiger partial charge in [-0.15, -0.1) is 11.3 Å². The first-order valence-corrected chi connectivity index (χ1v) is 11.7. The topological polar surface area (TPSA) is 60.9 Å². The molecule has 7 heteroatoms. The Morgan fingerprint density at radius 1 is 1.03 bits per heavy atom. The molecule has 5 aromatic rings. The van der Waals surface area contributed by atoms with Crippen molar-refractivity contribution in [2.45, 2.75) is 24.8 Å². The fourth-order valence-corrected chi connectivity index (χ4v) is 5.70. The number of aromatic nitrogens is 3. The molecule has 0 atom stereocenters. The first-order valence-electron chi connectivity index (χ1n) is 9.83. The summed E-state index contributed by atoms with van der Waals surface area (Å²) in [6.07, 6.45) is 0. The number of para-hydroxylation sites is 1. The highest BCUT2D eigenvalue weighted by Gasteiger charge is 2.19. The summed E-state index contributed by atoms with van der Waals surface area (Å²) >= 11 is 3.02. The van der Waals surface area contributed by atoms with Gasteiger partial charge in [-0.1, -0.05) is 65.4 Å². The molecule has 0 unspecified atom stereocenters. The Bertz CT molecular complexity index is 1400. The number of fused-ring (bicyclic) bond motifs is 1. The van der Waals surface area contributed by atoms with E-state index in [4.69, 9.17) is 9.51 Å². The lowest BCUT2D eigenvalue weighted by Crippen LogP contribution is -2.21. The lowest BCUT2D eigenvalue weighted by Gasteiger charge is -2.12. The van der Waals surface area contributed by atoms with Crippen LogP contribution in [0.4, 0.5) is 0 Å².